The Labute approximate surface area is 138 Å². The summed E-state index contributed by atoms with van der Waals surface area (Å²) in [6.07, 6.45) is 1.10. The van der Waals surface area contributed by atoms with Crippen LogP contribution in [0.25, 0.3) is 0 Å². The Morgan fingerprint density at radius 2 is 2.24 bits per heavy atom. The fourth-order valence-corrected chi connectivity index (χ4v) is 5.31. The third-order valence-corrected chi connectivity index (χ3v) is 6.06. The predicted octanol–water partition coefficient (Wildman–Crippen LogP) is 5.84. The van der Waals surface area contributed by atoms with Crippen molar-refractivity contribution in [2.75, 3.05) is 11.9 Å². The molecule has 2 heterocycles. The molecule has 0 saturated heterocycles. The van der Waals surface area contributed by atoms with Crippen LogP contribution in [0, 0.1) is 0 Å². The van der Waals surface area contributed by atoms with Gasteiger partial charge < -0.3 is 10.1 Å². The molecule has 0 saturated carbocycles. The molecular weight excluding hydrogens is 322 g/mol. The zero-order valence-electron chi connectivity index (χ0n) is 12.1. The molecule has 112 valence electrons. The van der Waals surface area contributed by atoms with Gasteiger partial charge in [0.2, 0.25) is 0 Å². The molecule has 0 radical (unpaired) electrons. The van der Waals surface area contributed by atoms with Gasteiger partial charge in [-0.25, -0.2) is 0 Å². The molecule has 1 aliphatic rings. The van der Waals surface area contributed by atoms with Crippen LogP contribution in [0.2, 0.25) is 5.02 Å². The Morgan fingerprint density at radius 1 is 1.38 bits per heavy atom. The second kappa shape index (κ2) is 6.51. The van der Waals surface area contributed by atoms with Gasteiger partial charge in [0.15, 0.2) is 0 Å². The number of thioether (sulfide) groups is 1. The van der Waals surface area contributed by atoms with Crippen molar-refractivity contribution >= 4 is 40.4 Å². The highest BCUT2D eigenvalue weighted by Crippen LogP contribution is 2.45. The molecule has 1 N–H and O–H groups in total. The molecule has 1 aliphatic heterocycles. The molecule has 0 aliphatic carbocycles. The lowest BCUT2D eigenvalue weighted by molar-refractivity contribution is 0.341. The van der Waals surface area contributed by atoms with E-state index in [0.717, 1.165) is 22.9 Å². The smallest absolute Gasteiger partial charge is 0.142 e. The highest BCUT2D eigenvalue weighted by molar-refractivity contribution is 8.01. The van der Waals surface area contributed by atoms with Crippen LogP contribution >= 0.6 is 34.7 Å². The normalized spacial score (nSPS) is 20.9. The Morgan fingerprint density at radius 3 is 3.05 bits per heavy atom. The van der Waals surface area contributed by atoms with Crippen molar-refractivity contribution in [2.24, 2.45) is 0 Å². The summed E-state index contributed by atoms with van der Waals surface area (Å²) < 4.78 is 7.13. The standard InChI is InChI=1S/C16H18ClNOS2/c1-3-19-15-5-4-11(17)9-14(15)18-13-8-10(2)21-16-12(13)6-7-20-16/h4-7,9-10,13,18H,3,8H2,1-2H3/t10-,13?/m0/s1. The average Bonchev–Trinajstić information content (AvgIpc) is 2.90. The summed E-state index contributed by atoms with van der Waals surface area (Å²) in [7, 11) is 0. The van der Waals surface area contributed by atoms with E-state index in [4.69, 9.17) is 16.3 Å². The van der Waals surface area contributed by atoms with E-state index in [9.17, 15) is 0 Å². The van der Waals surface area contributed by atoms with E-state index in [2.05, 4.69) is 23.7 Å². The number of thiophene rings is 1. The predicted molar refractivity (Wildman–Crippen MR) is 93.2 cm³/mol. The monoisotopic (exact) mass is 339 g/mol. The van der Waals surface area contributed by atoms with E-state index in [1.54, 1.807) is 0 Å². The topological polar surface area (TPSA) is 21.3 Å². The van der Waals surface area contributed by atoms with Crippen molar-refractivity contribution in [3.05, 3.63) is 40.2 Å². The average molecular weight is 340 g/mol. The second-order valence-electron chi connectivity index (χ2n) is 5.10. The fraction of sp³-hybridized carbons (Fsp3) is 0.375. The first-order chi connectivity index (χ1) is 10.2. The SMILES string of the molecule is CCOc1ccc(Cl)cc1NC1C[C@H](C)Sc2sccc21. The molecule has 0 bridgehead atoms. The van der Waals surface area contributed by atoms with Gasteiger partial charge >= 0.3 is 0 Å². The van der Waals surface area contributed by atoms with E-state index >= 15 is 0 Å². The third-order valence-electron chi connectivity index (χ3n) is 3.48. The number of hydrogen-bond acceptors (Lipinski definition) is 4. The number of nitrogens with one attached hydrogen (secondary N) is 1. The Kier molecular flexibility index (Phi) is 4.67. The lowest BCUT2D eigenvalue weighted by atomic mass is 10.0. The van der Waals surface area contributed by atoms with Crippen molar-refractivity contribution in [3.8, 4) is 5.75 Å². The first kappa shape index (κ1) is 15.1. The molecule has 2 atom stereocenters. The molecule has 5 heteroatoms. The van der Waals surface area contributed by atoms with Gasteiger partial charge in [0.25, 0.3) is 0 Å². The number of halogens is 1. The molecule has 2 aromatic rings. The first-order valence-electron chi connectivity index (χ1n) is 7.10. The molecule has 1 aromatic carbocycles. The van der Waals surface area contributed by atoms with Gasteiger partial charge in [-0.3, -0.25) is 0 Å². The van der Waals surface area contributed by atoms with Crippen LogP contribution in [-0.4, -0.2) is 11.9 Å². The van der Waals surface area contributed by atoms with Crippen LogP contribution in [0.5, 0.6) is 5.75 Å². The highest BCUT2D eigenvalue weighted by atomic mass is 35.5. The number of rotatable bonds is 4. The minimum atomic E-state index is 0.320. The van der Waals surface area contributed by atoms with E-state index < -0.39 is 0 Å². The van der Waals surface area contributed by atoms with Crippen molar-refractivity contribution < 1.29 is 4.74 Å². The molecular formula is C16H18ClNOS2. The molecule has 0 spiro atoms. The number of anilines is 1. The maximum Gasteiger partial charge on any atom is 0.142 e. The van der Waals surface area contributed by atoms with Gasteiger partial charge in [0.05, 0.1) is 22.5 Å². The molecule has 1 unspecified atom stereocenters. The zero-order valence-corrected chi connectivity index (χ0v) is 14.4. The molecule has 21 heavy (non-hydrogen) atoms. The Balaban J connectivity index is 1.89. The summed E-state index contributed by atoms with van der Waals surface area (Å²) in [6.45, 7) is 4.93. The van der Waals surface area contributed by atoms with Crippen LogP contribution < -0.4 is 10.1 Å². The minimum Gasteiger partial charge on any atom is -0.492 e. The second-order valence-corrected chi connectivity index (χ2v) is 8.16. The fourth-order valence-electron chi connectivity index (χ4n) is 2.57. The summed E-state index contributed by atoms with van der Waals surface area (Å²) in [5.41, 5.74) is 2.37. The summed E-state index contributed by atoms with van der Waals surface area (Å²) in [5, 5.41) is 7.14. The lowest BCUT2D eigenvalue weighted by Crippen LogP contribution is -2.19. The highest BCUT2D eigenvalue weighted by Gasteiger charge is 2.26. The van der Waals surface area contributed by atoms with Crippen LogP contribution in [0.15, 0.2) is 33.9 Å². The number of benzene rings is 1. The van der Waals surface area contributed by atoms with E-state index in [-0.39, 0.29) is 0 Å². The van der Waals surface area contributed by atoms with Crippen molar-refractivity contribution in [1.29, 1.82) is 0 Å². The largest absolute Gasteiger partial charge is 0.492 e. The number of hydrogen-bond donors (Lipinski definition) is 1. The quantitative estimate of drug-likeness (QED) is 0.756. The van der Waals surface area contributed by atoms with E-state index in [1.165, 1.54) is 9.77 Å². The van der Waals surface area contributed by atoms with Crippen LogP contribution in [0.4, 0.5) is 5.69 Å². The Bertz CT molecular complexity index is 628. The maximum absolute atomic E-state index is 6.14. The van der Waals surface area contributed by atoms with Crippen LogP contribution in [-0.2, 0) is 0 Å². The maximum atomic E-state index is 6.14. The van der Waals surface area contributed by atoms with Gasteiger partial charge in [0.1, 0.15) is 5.75 Å². The summed E-state index contributed by atoms with van der Waals surface area (Å²) in [4.78, 5) is 0. The van der Waals surface area contributed by atoms with Crippen molar-refractivity contribution in [1.82, 2.24) is 0 Å². The van der Waals surface area contributed by atoms with Crippen molar-refractivity contribution in [2.45, 2.75) is 35.8 Å². The van der Waals surface area contributed by atoms with Gasteiger partial charge in [-0.15, -0.1) is 23.1 Å². The summed E-state index contributed by atoms with van der Waals surface area (Å²) in [5.74, 6) is 0.865. The molecule has 0 amide bonds. The number of ether oxygens (including phenoxy) is 1. The zero-order chi connectivity index (χ0) is 14.8. The van der Waals surface area contributed by atoms with Gasteiger partial charge in [0, 0.05) is 10.3 Å². The molecule has 0 fully saturated rings. The van der Waals surface area contributed by atoms with Crippen LogP contribution in [0.3, 0.4) is 0 Å². The van der Waals surface area contributed by atoms with E-state index in [1.807, 2.05) is 48.2 Å². The van der Waals surface area contributed by atoms with Gasteiger partial charge in [-0.05, 0) is 48.6 Å². The number of fused-ring (bicyclic) bond motifs is 1. The lowest BCUT2D eigenvalue weighted by Gasteiger charge is -2.29. The summed E-state index contributed by atoms with van der Waals surface area (Å²) in [6, 6.07) is 8.30. The third kappa shape index (κ3) is 3.33. The molecule has 3 rings (SSSR count). The van der Waals surface area contributed by atoms with Crippen molar-refractivity contribution in [3.63, 3.8) is 0 Å². The van der Waals surface area contributed by atoms with Gasteiger partial charge in [-0.2, -0.15) is 0 Å². The first-order valence-corrected chi connectivity index (χ1v) is 9.24. The summed E-state index contributed by atoms with van der Waals surface area (Å²) >= 11 is 9.94. The van der Waals surface area contributed by atoms with E-state index in [0.29, 0.717) is 17.9 Å². The molecule has 2 nitrogen and oxygen atoms in total. The van der Waals surface area contributed by atoms with Gasteiger partial charge in [-0.1, -0.05) is 18.5 Å². The minimum absolute atomic E-state index is 0.320. The van der Waals surface area contributed by atoms with Crippen LogP contribution in [0.1, 0.15) is 31.9 Å². The Hall–Kier alpha value is -0.840. The molecule has 1 aromatic heterocycles.